The molecule has 1 aliphatic rings. The summed E-state index contributed by atoms with van der Waals surface area (Å²) in [5.41, 5.74) is 0. The van der Waals surface area contributed by atoms with Gasteiger partial charge in [-0.3, -0.25) is 0 Å². The number of aromatic nitrogens is 2. The summed E-state index contributed by atoms with van der Waals surface area (Å²) in [6.45, 7) is 5.22. The fourth-order valence-corrected chi connectivity index (χ4v) is 2.01. The molecule has 0 saturated heterocycles. The largest absolute Gasteiger partial charge is 0.370 e. The van der Waals surface area contributed by atoms with E-state index in [4.69, 9.17) is 0 Å². The molecule has 76 valence electrons. The van der Waals surface area contributed by atoms with Crippen LogP contribution in [0.25, 0.3) is 0 Å². The second-order valence-electron chi connectivity index (χ2n) is 3.98. The van der Waals surface area contributed by atoms with Crippen LogP contribution in [0, 0.1) is 18.8 Å². The van der Waals surface area contributed by atoms with Gasteiger partial charge < -0.3 is 5.32 Å². The second-order valence-corrected chi connectivity index (χ2v) is 4.79. The van der Waals surface area contributed by atoms with Crippen molar-refractivity contribution in [2.24, 2.45) is 11.8 Å². The molecule has 1 N–H and O–H groups in total. The Hall–Kier alpha value is -0.640. The van der Waals surface area contributed by atoms with Crippen molar-refractivity contribution >= 4 is 21.7 Å². The van der Waals surface area contributed by atoms with E-state index in [1.165, 1.54) is 6.42 Å². The molecule has 1 saturated carbocycles. The fraction of sp³-hybridized carbons (Fsp3) is 0.600. The fourth-order valence-electron chi connectivity index (χ4n) is 1.54. The molecule has 2 rings (SSSR count). The summed E-state index contributed by atoms with van der Waals surface area (Å²) in [5, 5.41) is 3.34. The van der Waals surface area contributed by atoms with Gasteiger partial charge in [-0.2, -0.15) is 0 Å². The lowest BCUT2D eigenvalue weighted by molar-refractivity contribution is 0.783. The Labute approximate surface area is 92.5 Å². The topological polar surface area (TPSA) is 37.8 Å². The van der Waals surface area contributed by atoms with Crippen LogP contribution in [0.1, 0.15) is 19.2 Å². The monoisotopic (exact) mass is 255 g/mol. The molecule has 3 nitrogen and oxygen atoms in total. The molecule has 0 amide bonds. The van der Waals surface area contributed by atoms with Crippen LogP contribution in [-0.2, 0) is 0 Å². The Morgan fingerprint density at radius 1 is 1.57 bits per heavy atom. The molecule has 1 aliphatic carbocycles. The van der Waals surface area contributed by atoms with Crippen molar-refractivity contribution in [3.63, 3.8) is 0 Å². The summed E-state index contributed by atoms with van der Waals surface area (Å²) in [6.07, 6.45) is 1.35. The van der Waals surface area contributed by atoms with Gasteiger partial charge in [-0.1, -0.05) is 6.92 Å². The zero-order chi connectivity index (χ0) is 10.1. The van der Waals surface area contributed by atoms with E-state index in [0.717, 1.165) is 34.6 Å². The van der Waals surface area contributed by atoms with Gasteiger partial charge in [0.05, 0.1) is 0 Å². The third-order valence-electron chi connectivity index (χ3n) is 2.63. The van der Waals surface area contributed by atoms with Crippen molar-refractivity contribution in [3.8, 4) is 0 Å². The van der Waals surface area contributed by atoms with Gasteiger partial charge in [-0.25, -0.2) is 9.97 Å². The SMILES string of the molecule is Cc1nc(Br)cc(NCC2CC2C)n1. The van der Waals surface area contributed by atoms with Crippen LogP contribution in [0.15, 0.2) is 10.7 Å². The summed E-state index contributed by atoms with van der Waals surface area (Å²) in [5.74, 6) is 3.44. The van der Waals surface area contributed by atoms with Crippen molar-refractivity contribution in [3.05, 3.63) is 16.5 Å². The third-order valence-corrected chi connectivity index (χ3v) is 3.03. The smallest absolute Gasteiger partial charge is 0.130 e. The van der Waals surface area contributed by atoms with E-state index >= 15 is 0 Å². The lowest BCUT2D eigenvalue weighted by atomic mass is 10.3. The summed E-state index contributed by atoms with van der Waals surface area (Å²) in [6, 6.07) is 1.92. The number of nitrogens with one attached hydrogen (secondary N) is 1. The first-order valence-corrected chi connectivity index (χ1v) is 5.69. The average Bonchev–Trinajstić information content (AvgIpc) is 2.77. The van der Waals surface area contributed by atoms with Crippen molar-refractivity contribution in [2.45, 2.75) is 20.3 Å². The van der Waals surface area contributed by atoms with E-state index in [9.17, 15) is 0 Å². The number of anilines is 1. The molecule has 4 heteroatoms. The number of hydrogen-bond acceptors (Lipinski definition) is 3. The number of nitrogens with zero attached hydrogens (tertiary/aromatic N) is 2. The van der Waals surface area contributed by atoms with Crippen LogP contribution in [0.4, 0.5) is 5.82 Å². The molecule has 0 aromatic carbocycles. The lowest BCUT2D eigenvalue weighted by Crippen LogP contribution is -2.07. The van der Waals surface area contributed by atoms with E-state index in [-0.39, 0.29) is 0 Å². The maximum absolute atomic E-state index is 4.31. The molecule has 2 unspecified atom stereocenters. The molecule has 1 aromatic heterocycles. The van der Waals surface area contributed by atoms with Gasteiger partial charge in [0.25, 0.3) is 0 Å². The quantitative estimate of drug-likeness (QED) is 0.845. The standard InChI is InChI=1S/C10H14BrN3/c1-6-3-8(6)5-12-10-4-9(11)13-7(2)14-10/h4,6,8H,3,5H2,1-2H3,(H,12,13,14). The maximum Gasteiger partial charge on any atom is 0.130 e. The normalized spacial score (nSPS) is 24.8. The highest BCUT2D eigenvalue weighted by atomic mass is 79.9. The van der Waals surface area contributed by atoms with Gasteiger partial charge in [0.15, 0.2) is 0 Å². The predicted molar refractivity (Wildman–Crippen MR) is 60.2 cm³/mol. The lowest BCUT2D eigenvalue weighted by Gasteiger charge is -2.05. The van der Waals surface area contributed by atoms with Crippen molar-refractivity contribution in [2.75, 3.05) is 11.9 Å². The van der Waals surface area contributed by atoms with E-state index in [0.29, 0.717) is 0 Å². The van der Waals surface area contributed by atoms with Crippen molar-refractivity contribution in [1.29, 1.82) is 0 Å². The first-order chi connectivity index (χ1) is 6.65. The van der Waals surface area contributed by atoms with Crippen LogP contribution < -0.4 is 5.32 Å². The van der Waals surface area contributed by atoms with Gasteiger partial charge in [0.2, 0.25) is 0 Å². The molecule has 1 aromatic rings. The van der Waals surface area contributed by atoms with E-state index < -0.39 is 0 Å². The van der Waals surface area contributed by atoms with E-state index in [2.05, 4.69) is 38.1 Å². The number of halogens is 1. The van der Waals surface area contributed by atoms with E-state index in [1.807, 2.05) is 13.0 Å². The van der Waals surface area contributed by atoms with Crippen LogP contribution >= 0.6 is 15.9 Å². The third kappa shape index (κ3) is 2.44. The number of rotatable bonds is 3. The highest BCUT2D eigenvalue weighted by molar-refractivity contribution is 9.10. The molecule has 0 radical (unpaired) electrons. The minimum absolute atomic E-state index is 0.797. The molecule has 0 aliphatic heterocycles. The predicted octanol–water partition coefficient (Wildman–Crippen LogP) is 2.62. The van der Waals surface area contributed by atoms with Gasteiger partial charge >= 0.3 is 0 Å². The first-order valence-electron chi connectivity index (χ1n) is 4.90. The summed E-state index contributed by atoms with van der Waals surface area (Å²) in [7, 11) is 0. The van der Waals surface area contributed by atoms with Crippen LogP contribution in [0.2, 0.25) is 0 Å². The van der Waals surface area contributed by atoms with Gasteiger partial charge in [0.1, 0.15) is 16.2 Å². The van der Waals surface area contributed by atoms with Crippen molar-refractivity contribution < 1.29 is 0 Å². The Morgan fingerprint density at radius 3 is 2.86 bits per heavy atom. The molecule has 0 spiro atoms. The van der Waals surface area contributed by atoms with Gasteiger partial charge in [-0.05, 0) is 41.1 Å². The molecule has 14 heavy (non-hydrogen) atoms. The molecular weight excluding hydrogens is 242 g/mol. The summed E-state index contributed by atoms with van der Waals surface area (Å²) < 4.78 is 0.844. The minimum atomic E-state index is 0.797. The Balaban J connectivity index is 1.95. The highest BCUT2D eigenvalue weighted by Crippen LogP contribution is 2.37. The zero-order valence-corrected chi connectivity index (χ0v) is 10.0. The second kappa shape index (κ2) is 3.85. The molecule has 1 fully saturated rings. The average molecular weight is 256 g/mol. The Morgan fingerprint density at radius 2 is 2.29 bits per heavy atom. The molecule has 0 bridgehead atoms. The van der Waals surface area contributed by atoms with Gasteiger partial charge in [-0.15, -0.1) is 0 Å². The Bertz CT molecular complexity index is 320. The zero-order valence-electron chi connectivity index (χ0n) is 8.42. The highest BCUT2D eigenvalue weighted by Gasteiger charge is 2.31. The van der Waals surface area contributed by atoms with Crippen LogP contribution in [0.3, 0.4) is 0 Å². The van der Waals surface area contributed by atoms with Gasteiger partial charge in [0, 0.05) is 12.6 Å². The minimum Gasteiger partial charge on any atom is -0.370 e. The van der Waals surface area contributed by atoms with Crippen molar-refractivity contribution in [1.82, 2.24) is 9.97 Å². The number of hydrogen-bond donors (Lipinski definition) is 1. The van der Waals surface area contributed by atoms with Crippen LogP contribution in [0.5, 0.6) is 0 Å². The van der Waals surface area contributed by atoms with E-state index in [1.54, 1.807) is 0 Å². The first kappa shape index (κ1) is 9.90. The molecule has 1 heterocycles. The summed E-state index contributed by atoms with van der Waals surface area (Å²) in [4.78, 5) is 8.46. The maximum atomic E-state index is 4.31. The molecular formula is C10H14BrN3. The summed E-state index contributed by atoms with van der Waals surface area (Å²) >= 11 is 3.36. The molecule has 2 atom stereocenters. The van der Waals surface area contributed by atoms with Crippen LogP contribution in [-0.4, -0.2) is 16.5 Å². The number of aryl methyl sites for hydroxylation is 1. The Kier molecular flexibility index (Phi) is 2.72.